The van der Waals surface area contributed by atoms with E-state index in [1.54, 1.807) is 19.2 Å². The zero-order valence-corrected chi connectivity index (χ0v) is 19.1. The SMILES string of the molecule is COc1ccc([C@@H](c2nnnn2Cc2ccc(F)cc2)N2CCN(C3CCCC3)CC2)cc1. The van der Waals surface area contributed by atoms with E-state index in [1.807, 2.05) is 16.8 Å². The molecule has 1 aromatic heterocycles. The maximum absolute atomic E-state index is 13.4. The average molecular weight is 451 g/mol. The molecule has 174 valence electrons. The normalized spacial score (nSPS) is 19.1. The lowest BCUT2D eigenvalue weighted by Gasteiger charge is -2.41. The minimum atomic E-state index is -0.244. The predicted octanol–water partition coefficient (Wildman–Crippen LogP) is 3.52. The lowest BCUT2D eigenvalue weighted by Crippen LogP contribution is -2.51. The minimum Gasteiger partial charge on any atom is -0.497 e. The second-order valence-corrected chi connectivity index (χ2v) is 9.01. The third-order valence-electron chi connectivity index (χ3n) is 7.04. The number of hydrogen-bond donors (Lipinski definition) is 0. The van der Waals surface area contributed by atoms with Gasteiger partial charge in [-0.05, 0) is 58.7 Å². The Morgan fingerprint density at radius 1 is 0.970 bits per heavy atom. The molecule has 2 aromatic carbocycles. The highest BCUT2D eigenvalue weighted by Crippen LogP contribution is 2.31. The van der Waals surface area contributed by atoms with Crippen molar-refractivity contribution in [3.05, 3.63) is 71.3 Å². The standard InChI is InChI=1S/C25H31FN6O/c1-33-23-12-8-20(9-13-23)24(31-16-14-30(15-17-31)22-4-2-3-5-22)25-27-28-29-32(25)18-19-6-10-21(26)11-7-19/h6-13,22,24H,2-5,14-18H2,1H3/t24-/m0/s1. The number of aromatic nitrogens is 4. The fourth-order valence-electron chi connectivity index (χ4n) is 5.22. The number of benzene rings is 2. The van der Waals surface area contributed by atoms with Crippen LogP contribution in [-0.4, -0.2) is 69.3 Å². The zero-order chi connectivity index (χ0) is 22.6. The molecule has 1 atom stereocenters. The highest BCUT2D eigenvalue weighted by molar-refractivity contribution is 5.32. The summed E-state index contributed by atoms with van der Waals surface area (Å²) in [6.45, 7) is 4.57. The first-order valence-electron chi connectivity index (χ1n) is 11.8. The number of tetrazole rings is 1. The van der Waals surface area contributed by atoms with E-state index in [9.17, 15) is 4.39 Å². The van der Waals surface area contributed by atoms with Crippen molar-refractivity contribution in [2.45, 2.75) is 44.3 Å². The summed E-state index contributed by atoms with van der Waals surface area (Å²) in [5.74, 6) is 1.39. The molecule has 2 fully saturated rings. The van der Waals surface area contributed by atoms with Crippen LogP contribution < -0.4 is 4.74 Å². The number of ether oxygens (including phenoxy) is 1. The van der Waals surface area contributed by atoms with E-state index in [0.717, 1.165) is 54.9 Å². The molecule has 0 amide bonds. The Balaban J connectivity index is 1.41. The summed E-state index contributed by atoms with van der Waals surface area (Å²) in [7, 11) is 1.68. The van der Waals surface area contributed by atoms with Crippen LogP contribution in [0.4, 0.5) is 4.39 Å². The molecule has 2 aliphatic rings. The van der Waals surface area contributed by atoms with Gasteiger partial charge in [0.1, 0.15) is 11.6 Å². The van der Waals surface area contributed by atoms with Crippen LogP contribution in [-0.2, 0) is 6.54 Å². The second kappa shape index (κ2) is 9.97. The van der Waals surface area contributed by atoms with Gasteiger partial charge in [-0.15, -0.1) is 5.10 Å². The summed E-state index contributed by atoms with van der Waals surface area (Å²) >= 11 is 0. The van der Waals surface area contributed by atoms with E-state index in [-0.39, 0.29) is 11.9 Å². The van der Waals surface area contributed by atoms with Crippen molar-refractivity contribution in [2.75, 3.05) is 33.3 Å². The first-order chi connectivity index (χ1) is 16.2. The van der Waals surface area contributed by atoms with Gasteiger partial charge in [0.05, 0.1) is 19.7 Å². The topological polar surface area (TPSA) is 59.3 Å². The molecule has 3 aromatic rings. The van der Waals surface area contributed by atoms with Gasteiger partial charge in [-0.25, -0.2) is 9.07 Å². The van der Waals surface area contributed by atoms with E-state index in [2.05, 4.69) is 37.5 Å². The molecule has 0 N–H and O–H groups in total. The third kappa shape index (κ3) is 4.91. The lowest BCUT2D eigenvalue weighted by molar-refractivity contribution is 0.0771. The minimum absolute atomic E-state index is 0.0583. The molecule has 8 heteroatoms. The second-order valence-electron chi connectivity index (χ2n) is 9.01. The summed E-state index contributed by atoms with van der Waals surface area (Å²) in [6, 6.07) is 15.4. The molecule has 33 heavy (non-hydrogen) atoms. The molecule has 0 unspecified atom stereocenters. The monoisotopic (exact) mass is 450 g/mol. The molecule has 2 heterocycles. The number of rotatable bonds is 7. The van der Waals surface area contributed by atoms with Gasteiger partial charge in [0.25, 0.3) is 0 Å². The fourth-order valence-corrected chi connectivity index (χ4v) is 5.22. The van der Waals surface area contributed by atoms with Gasteiger partial charge in [-0.1, -0.05) is 37.1 Å². The quantitative estimate of drug-likeness (QED) is 0.549. The first-order valence-corrected chi connectivity index (χ1v) is 11.8. The van der Waals surface area contributed by atoms with Crippen LogP contribution in [0.5, 0.6) is 5.75 Å². The van der Waals surface area contributed by atoms with Crippen LogP contribution >= 0.6 is 0 Å². The van der Waals surface area contributed by atoms with Gasteiger partial charge in [-0.3, -0.25) is 9.80 Å². The summed E-state index contributed by atoms with van der Waals surface area (Å²) in [6.07, 6.45) is 5.38. The van der Waals surface area contributed by atoms with Gasteiger partial charge < -0.3 is 4.74 Å². The highest BCUT2D eigenvalue weighted by atomic mass is 19.1. The number of hydrogen-bond acceptors (Lipinski definition) is 6. The molecule has 1 aliphatic carbocycles. The largest absolute Gasteiger partial charge is 0.497 e. The van der Waals surface area contributed by atoms with Crippen molar-refractivity contribution < 1.29 is 9.13 Å². The molecule has 1 saturated carbocycles. The average Bonchev–Trinajstić information content (AvgIpc) is 3.55. The molecule has 0 spiro atoms. The summed E-state index contributed by atoms with van der Waals surface area (Å²) < 4.78 is 20.6. The summed E-state index contributed by atoms with van der Waals surface area (Å²) in [4.78, 5) is 5.15. The van der Waals surface area contributed by atoms with Crippen molar-refractivity contribution in [3.8, 4) is 5.75 Å². The van der Waals surface area contributed by atoms with Gasteiger partial charge in [0.2, 0.25) is 0 Å². The molecular weight excluding hydrogens is 419 g/mol. The molecular formula is C25H31FN6O. The summed E-state index contributed by atoms with van der Waals surface area (Å²) in [5.41, 5.74) is 2.10. The number of halogens is 1. The Bertz CT molecular complexity index is 1020. The Labute approximate surface area is 194 Å². The van der Waals surface area contributed by atoms with Crippen molar-refractivity contribution in [1.29, 1.82) is 0 Å². The lowest BCUT2D eigenvalue weighted by atomic mass is 10.0. The highest BCUT2D eigenvalue weighted by Gasteiger charge is 2.33. The third-order valence-corrected chi connectivity index (χ3v) is 7.04. The van der Waals surface area contributed by atoms with Crippen LogP contribution in [0.25, 0.3) is 0 Å². The van der Waals surface area contributed by atoms with Crippen LogP contribution in [0.1, 0.15) is 48.7 Å². The molecule has 5 rings (SSSR count). The van der Waals surface area contributed by atoms with Crippen molar-refractivity contribution in [3.63, 3.8) is 0 Å². The number of methoxy groups -OCH3 is 1. The van der Waals surface area contributed by atoms with E-state index >= 15 is 0 Å². The zero-order valence-electron chi connectivity index (χ0n) is 19.1. The molecule has 0 radical (unpaired) electrons. The maximum Gasteiger partial charge on any atom is 0.173 e. The molecule has 1 aliphatic heterocycles. The van der Waals surface area contributed by atoms with Gasteiger partial charge in [0, 0.05) is 32.2 Å². The van der Waals surface area contributed by atoms with Crippen molar-refractivity contribution >= 4 is 0 Å². The van der Waals surface area contributed by atoms with E-state index in [1.165, 1.54) is 37.8 Å². The van der Waals surface area contributed by atoms with Crippen LogP contribution in [0.15, 0.2) is 48.5 Å². The van der Waals surface area contributed by atoms with Gasteiger partial charge in [0.15, 0.2) is 5.82 Å². The van der Waals surface area contributed by atoms with Crippen LogP contribution in [0, 0.1) is 5.82 Å². The Hall–Kier alpha value is -2.84. The van der Waals surface area contributed by atoms with Gasteiger partial charge >= 0.3 is 0 Å². The van der Waals surface area contributed by atoms with Crippen molar-refractivity contribution in [1.82, 2.24) is 30.0 Å². The molecule has 0 bridgehead atoms. The van der Waals surface area contributed by atoms with Crippen LogP contribution in [0.2, 0.25) is 0 Å². The molecule has 7 nitrogen and oxygen atoms in total. The molecule has 1 saturated heterocycles. The smallest absolute Gasteiger partial charge is 0.173 e. The van der Waals surface area contributed by atoms with Gasteiger partial charge in [-0.2, -0.15) is 0 Å². The Morgan fingerprint density at radius 3 is 2.33 bits per heavy atom. The van der Waals surface area contributed by atoms with E-state index in [4.69, 9.17) is 4.74 Å². The number of nitrogens with zero attached hydrogens (tertiary/aromatic N) is 6. The first kappa shape index (κ1) is 22.0. The maximum atomic E-state index is 13.4. The number of piperazine rings is 1. The van der Waals surface area contributed by atoms with E-state index in [0.29, 0.717) is 6.54 Å². The Kier molecular flexibility index (Phi) is 6.64. The Morgan fingerprint density at radius 2 is 1.67 bits per heavy atom. The van der Waals surface area contributed by atoms with Crippen LogP contribution in [0.3, 0.4) is 0 Å². The van der Waals surface area contributed by atoms with E-state index < -0.39 is 0 Å². The summed E-state index contributed by atoms with van der Waals surface area (Å²) in [5, 5.41) is 12.8. The predicted molar refractivity (Wildman–Crippen MR) is 124 cm³/mol. The van der Waals surface area contributed by atoms with Crippen molar-refractivity contribution in [2.24, 2.45) is 0 Å². The fraction of sp³-hybridized carbons (Fsp3) is 0.480.